The lowest BCUT2D eigenvalue weighted by Crippen LogP contribution is -2.49. The number of ether oxygens (including phenoxy) is 1. The molecule has 0 heterocycles. The Kier molecular flexibility index (Phi) is 11.9. The minimum absolute atomic E-state index is 0.0848. The van der Waals surface area contributed by atoms with Crippen molar-refractivity contribution in [2.75, 3.05) is 19.4 Å². The number of hydrogen-bond acceptors (Lipinski definition) is 4. The highest BCUT2D eigenvalue weighted by Gasteiger charge is 2.28. The topological polar surface area (TPSA) is 58.6 Å². The first-order valence-corrected chi connectivity index (χ1v) is 13.0. The van der Waals surface area contributed by atoms with Gasteiger partial charge in [0.25, 0.3) is 0 Å². The van der Waals surface area contributed by atoms with Crippen molar-refractivity contribution in [3.63, 3.8) is 0 Å². The first-order chi connectivity index (χ1) is 15.9. The molecule has 0 unspecified atom stereocenters. The second-order valence-electron chi connectivity index (χ2n) is 7.67. The fourth-order valence-corrected chi connectivity index (χ4v) is 4.79. The van der Waals surface area contributed by atoms with Crippen LogP contribution in [0.2, 0.25) is 10.0 Å². The third kappa shape index (κ3) is 8.76. The molecule has 0 saturated heterocycles. The number of methoxy groups -OCH3 is 1. The molecule has 2 amide bonds. The van der Waals surface area contributed by atoms with E-state index < -0.39 is 6.04 Å². The normalized spacial score (nSPS) is 11.7. The van der Waals surface area contributed by atoms with Crippen LogP contribution in [-0.4, -0.2) is 42.2 Å². The van der Waals surface area contributed by atoms with Gasteiger partial charge >= 0.3 is 0 Å². The van der Waals surface area contributed by atoms with Crippen LogP contribution >= 0.6 is 35.0 Å². The van der Waals surface area contributed by atoms with E-state index in [2.05, 4.69) is 12.2 Å². The molecule has 2 aromatic rings. The molecule has 1 atom stereocenters. The molecule has 0 bridgehead atoms. The van der Waals surface area contributed by atoms with Gasteiger partial charge in [-0.05, 0) is 48.2 Å². The van der Waals surface area contributed by atoms with Crippen LogP contribution in [0.3, 0.4) is 0 Å². The maximum Gasteiger partial charge on any atom is 0.242 e. The van der Waals surface area contributed by atoms with Crippen LogP contribution in [0.4, 0.5) is 0 Å². The highest BCUT2D eigenvalue weighted by molar-refractivity contribution is 7.99. The first-order valence-electron chi connectivity index (χ1n) is 11.1. The van der Waals surface area contributed by atoms with Gasteiger partial charge in [-0.25, -0.2) is 0 Å². The Bertz CT molecular complexity index is 909. The van der Waals surface area contributed by atoms with Crippen LogP contribution in [-0.2, 0) is 21.9 Å². The SMILES string of the molecule is CCCCNC(=O)[C@H](CC)N(Cc1ccc(OC)cc1)C(=O)CSCc1ccc(Cl)cc1Cl. The van der Waals surface area contributed by atoms with E-state index in [1.165, 1.54) is 11.8 Å². The monoisotopic (exact) mass is 510 g/mol. The summed E-state index contributed by atoms with van der Waals surface area (Å²) in [5, 5.41) is 4.14. The fraction of sp³-hybridized carbons (Fsp3) is 0.440. The van der Waals surface area contributed by atoms with Gasteiger partial charge in [0.1, 0.15) is 11.8 Å². The highest BCUT2D eigenvalue weighted by atomic mass is 35.5. The van der Waals surface area contributed by atoms with Crippen LogP contribution in [0, 0.1) is 0 Å². The van der Waals surface area contributed by atoms with E-state index in [0.717, 1.165) is 29.7 Å². The van der Waals surface area contributed by atoms with Crippen molar-refractivity contribution in [3.8, 4) is 5.75 Å². The Hall–Kier alpha value is -1.89. The van der Waals surface area contributed by atoms with Crippen LogP contribution in [0.15, 0.2) is 42.5 Å². The van der Waals surface area contributed by atoms with E-state index >= 15 is 0 Å². The van der Waals surface area contributed by atoms with Crippen molar-refractivity contribution in [2.45, 2.75) is 51.4 Å². The molecule has 0 fully saturated rings. The number of nitrogens with zero attached hydrogens (tertiary/aromatic N) is 1. The molecule has 0 radical (unpaired) electrons. The van der Waals surface area contributed by atoms with E-state index in [4.69, 9.17) is 27.9 Å². The minimum atomic E-state index is -0.531. The van der Waals surface area contributed by atoms with Crippen molar-refractivity contribution in [3.05, 3.63) is 63.6 Å². The van der Waals surface area contributed by atoms with Gasteiger partial charge in [0, 0.05) is 28.9 Å². The van der Waals surface area contributed by atoms with E-state index in [-0.39, 0.29) is 17.6 Å². The average molecular weight is 512 g/mol. The molecule has 0 aliphatic heterocycles. The Labute approximate surface area is 211 Å². The number of carbonyl (C=O) groups excluding carboxylic acids is 2. The van der Waals surface area contributed by atoms with Gasteiger partial charge in [-0.1, -0.05) is 61.7 Å². The van der Waals surface area contributed by atoms with Crippen LogP contribution in [0.5, 0.6) is 5.75 Å². The van der Waals surface area contributed by atoms with E-state index in [1.54, 1.807) is 24.1 Å². The maximum atomic E-state index is 13.3. The van der Waals surface area contributed by atoms with E-state index in [0.29, 0.717) is 35.3 Å². The lowest BCUT2D eigenvalue weighted by molar-refractivity contribution is -0.139. The Morgan fingerprint density at radius 3 is 2.45 bits per heavy atom. The largest absolute Gasteiger partial charge is 0.497 e. The number of thioether (sulfide) groups is 1. The molecule has 1 N–H and O–H groups in total. The van der Waals surface area contributed by atoms with Crippen molar-refractivity contribution >= 4 is 46.8 Å². The highest BCUT2D eigenvalue weighted by Crippen LogP contribution is 2.25. The lowest BCUT2D eigenvalue weighted by Gasteiger charge is -2.30. The van der Waals surface area contributed by atoms with Crippen molar-refractivity contribution < 1.29 is 14.3 Å². The number of amides is 2. The number of unbranched alkanes of at least 4 members (excludes halogenated alkanes) is 1. The standard InChI is InChI=1S/C25H32Cl2N2O3S/c1-4-6-13-28-25(31)23(5-2)29(15-18-7-11-21(32-3)12-8-18)24(30)17-33-16-19-9-10-20(26)14-22(19)27/h7-12,14,23H,4-6,13,15-17H2,1-3H3,(H,28,31)/t23-/m0/s1. The van der Waals surface area contributed by atoms with Gasteiger partial charge in [0.05, 0.1) is 12.9 Å². The van der Waals surface area contributed by atoms with Crippen LogP contribution < -0.4 is 10.1 Å². The summed E-state index contributed by atoms with van der Waals surface area (Å²) in [7, 11) is 1.61. The van der Waals surface area contributed by atoms with Gasteiger partial charge in [0.15, 0.2) is 0 Å². The molecule has 0 spiro atoms. The molecule has 0 aromatic heterocycles. The lowest BCUT2D eigenvalue weighted by atomic mass is 10.1. The Balaban J connectivity index is 2.12. The molecule has 8 heteroatoms. The minimum Gasteiger partial charge on any atom is -0.497 e. The molecule has 0 aliphatic carbocycles. The second-order valence-corrected chi connectivity index (χ2v) is 9.50. The van der Waals surface area contributed by atoms with Gasteiger partial charge in [0.2, 0.25) is 11.8 Å². The zero-order valence-electron chi connectivity index (χ0n) is 19.4. The van der Waals surface area contributed by atoms with Gasteiger partial charge in [-0.2, -0.15) is 0 Å². The van der Waals surface area contributed by atoms with Gasteiger partial charge in [-0.15, -0.1) is 11.8 Å². The summed E-state index contributed by atoms with van der Waals surface area (Å²) < 4.78 is 5.23. The average Bonchev–Trinajstić information content (AvgIpc) is 2.80. The van der Waals surface area contributed by atoms with Crippen molar-refractivity contribution in [1.82, 2.24) is 10.2 Å². The zero-order valence-corrected chi connectivity index (χ0v) is 21.7. The summed E-state index contributed by atoms with van der Waals surface area (Å²) in [6.07, 6.45) is 2.44. The summed E-state index contributed by atoms with van der Waals surface area (Å²) in [4.78, 5) is 27.9. The first kappa shape index (κ1) is 27.4. The zero-order chi connectivity index (χ0) is 24.2. The fourth-order valence-electron chi connectivity index (χ4n) is 3.32. The van der Waals surface area contributed by atoms with Crippen LogP contribution in [0.25, 0.3) is 0 Å². The number of nitrogens with one attached hydrogen (secondary N) is 1. The third-order valence-electron chi connectivity index (χ3n) is 5.23. The molecule has 5 nitrogen and oxygen atoms in total. The van der Waals surface area contributed by atoms with E-state index in [1.807, 2.05) is 37.3 Å². The molecule has 2 rings (SSSR count). The summed E-state index contributed by atoms with van der Waals surface area (Å²) >= 11 is 13.7. The summed E-state index contributed by atoms with van der Waals surface area (Å²) in [6, 6.07) is 12.4. The van der Waals surface area contributed by atoms with Crippen molar-refractivity contribution in [2.24, 2.45) is 0 Å². The number of halogens is 2. The summed E-state index contributed by atoms with van der Waals surface area (Å²) in [6.45, 7) is 4.97. The molecule has 0 saturated carbocycles. The number of benzene rings is 2. The number of carbonyl (C=O) groups is 2. The third-order valence-corrected chi connectivity index (χ3v) is 6.78. The number of rotatable bonds is 13. The molecule has 0 aliphatic rings. The maximum absolute atomic E-state index is 13.3. The molecule has 2 aromatic carbocycles. The molecular weight excluding hydrogens is 479 g/mol. The predicted octanol–water partition coefficient (Wildman–Crippen LogP) is 5.96. The number of hydrogen-bond donors (Lipinski definition) is 1. The van der Waals surface area contributed by atoms with E-state index in [9.17, 15) is 9.59 Å². The Morgan fingerprint density at radius 1 is 1.12 bits per heavy atom. The smallest absolute Gasteiger partial charge is 0.242 e. The molecule has 33 heavy (non-hydrogen) atoms. The summed E-state index contributed by atoms with van der Waals surface area (Å²) in [5.41, 5.74) is 1.86. The molecular formula is C25H32Cl2N2O3S. The Morgan fingerprint density at radius 2 is 1.85 bits per heavy atom. The van der Waals surface area contributed by atoms with Crippen LogP contribution in [0.1, 0.15) is 44.2 Å². The second kappa shape index (κ2) is 14.4. The van der Waals surface area contributed by atoms with Gasteiger partial charge < -0.3 is 15.0 Å². The summed E-state index contributed by atoms with van der Waals surface area (Å²) in [5.74, 6) is 1.37. The quantitative estimate of drug-likeness (QED) is 0.337. The molecule has 180 valence electrons. The predicted molar refractivity (Wildman–Crippen MR) is 138 cm³/mol. The van der Waals surface area contributed by atoms with Gasteiger partial charge in [-0.3, -0.25) is 9.59 Å². The van der Waals surface area contributed by atoms with Crippen molar-refractivity contribution in [1.29, 1.82) is 0 Å².